The average Bonchev–Trinajstić information content (AvgIpc) is 3.14. The second-order valence-corrected chi connectivity index (χ2v) is 9.45. The minimum absolute atomic E-state index is 0.0137. The first-order chi connectivity index (χ1) is 15.5. The molecular weight excluding hydrogens is 443 g/mol. The van der Waals surface area contributed by atoms with Gasteiger partial charge in [0, 0.05) is 12.5 Å². The molecule has 1 saturated carbocycles. The number of alkyl halides is 3. The van der Waals surface area contributed by atoms with Crippen LogP contribution in [0.5, 0.6) is 0 Å². The number of alkyl carbamates (subject to hydrolysis) is 1. The van der Waals surface area contributed by atoms with Gasteiger partial charge >= 0.3 is 12.3 Å². The second kappa shape index (κ2) is 12.2. The number of aldehydes is 1. The van der Waals surface area contributed by atoms with Crippen molar-refractivity contribution >= 4 is 24.2 Å². The molecule has 3 N–H and O–H groups in total. The van der Waals surface area contributed by atoms with Crippen molar-refractivity contribution in [1.82, 2.24) is 16.0 Å². The highest BCUT2D eigenvalue weighted by Crippen LogP contribution is 2.39. The highest BCUT2D eigenvalue weighted by Gasteiger charge is 2.41. The molecule has 0 radical (unpaired) electrons. The number of carbonyl (C=O) groups is 4. The van der Waals surface area contributed by atoms with Gasteiger partial charge in [-0.05, 0) is 56.8 Å². The maximum absolute atomic E-state index is 12.8. The zero-order valence-electron chi connectivity index (χ0n) is 19.1. The van der Waals surface area contributed by atoms with Crippen molar-refractivity contribution in [2.24, 2.45) is 23.7 Å². The topological polar surface area (TPSA) is 114 Å². The molecule has 8 nitrogen and oxygen atoms in total. The van der Waals surface area contributed by atoms with Gasteiger partial charge in [0.15, 0.2) is 0 Å². The number of halogens is 3. The van der Waals surface area contributed by atoms with Crippen LogP contribution in [0.25, 0.3) is 0 Å². The molecule has 0 aromatic carbocycles. The van der Waals surface area contributed by atoms with E-state index in [0.29, 0.717) is 38.5 Å². The van der Waals surface area contributed by atoms with Crippen molar-refractivity contribution in [2.75, 3.05) is 13.2 Å². The monoisotopic (exact) mass is 477 g/mol. The van der Waals surface area contributed by atoms with Gasteiger partial charge in [-0.2, -0.15) is 13.2 Å². The predicted octanol–water partition coefficient (Wildman–Crippen LogP) is 2.71. The van der Waals surface area contributed by atoms with Crippen LogP contribution in [-0.2, 0) is 19.1 Å². The van der Waals surface area contributed by atoms with Crippen LogP contribution in [0.1, 0.15) is 58.8 Å². The third-order valence-electron chi connectivity index (χ3n) is 6.27. The van der Waals surface area contributed by atoms with Crippen molar-refractivity contribution in [3.05, 3.63) is 0 Å². The number of ether oxygens (including phenoxy) is 1. The molecule has 0 unspecified atom stereocenters. The summed E-state index contributed by atoms with van der Waals surface area (Å²) in [7, 11) is 0. The molecule has 33 heavy (non-hydrogen) atoms. The Morgan fingerprint density at radius 2 is 1.82 bits per heavy atom. The van der Waals surface area contributed by atoms with Gasteiger partial charge in [-0.3, -0.25) is 9.59 Å². The van der Waals surface area contributed by atoms with Crippen LogP contribution in [0, 0.1) is 23.7 Å². The molecule has 188 valence electrons. The Morgan fingerprint density at radius 1 is 1.15 bits per heavy atom. The molecule has 0 aromatic heterocycles. The van der Waals surface area contributed by atoms with E-state index >= 15 is 0 Å². The van der Waals surface area contributed by atoms with Gasteiger partial charge in [0.05, 0.1) is 18.6 Å². The molecule has 3 atom stereocenters. The molecule has 2 rings (SSSR count). The molecule has 3 amide bonds. The lowest BCUT2D eigenvalue weighted by atomic mass is 9.82. The van der Waals surface area contributed by atoms with Crippen LogP contribution in [0.15, 0.2) is 0 Å². The summed E-state index contributed by atoms with van der Waals surface area (Å²) in [6, 6.07) is -1.80. The van der Waals surface area contributed by atoms with Crippen molar-refractivity contribution in [1.29, 1.82) is 0 Å². The van der Waals surface area contributed by atoms with E-state index in [9.17, 15) is 32.3 Å². The van der Waals surface area contributed by atoms with Crippen LogP contribution in [0.4, 0.5) is 18.0 Å². The minimum Gasteiger partial charge on any atom is -0.449 e. The lowest BCUT2D eigenvalue weighted by Gasteiger charge is -2.29. The van der Waals surface area contributed by atoms with Crippen LogP contribution in [-0.4, -0.2) is 55.6 Å². The molecule has 2 fully saturated rings. The Bertz CT molecular complexity index is 693. The van der Waals surface area contributed by atoms with Crippen molar-refractivity contribution < 1.29 is 37.1 Å². The van der Waals surface area contributed by atoms with E-state index in [1.807, 2.05) is 13.8 Å². The molecule has 1 aliphatic carbocycles. The average molecular weight is 478 g/mol. The van der Waals surface area contributed by atoms with E-state index in [1.54, 1.807) is 0 Å². The van der Waals surface area contributed by atoms with Crippen molar-refractivity contribution in [2.45, 2.75) is 77.1 Å². The fraction of sp³-hybridized carbons (Fsp3) is 0.818. The van der Waals surface area contributed by atoms with Crippen molar-refractivity contribution in [3.8, 4) is 0 Å². The maximum Gasteiger partial charge on any atom is 0.407 e. The zero-order valence-corrected chi connectivity index (χ0v) is 19.1. The summed E-state index contributed by atoms with van der Waals surface area (Å²) in [4.78, 5) is 48.2. The smallest absolute Gasteiger partial charge is 0.407 e. The lowest BCUT2D eigenvalue weighted by Crippen LogP contribution is -2.51. The zero-order chi connectivity index (χ0) is 24.6. The van der Waals surface area contributed by atoms with Crippen LogP contribution >= 0.6 is 0 Å². The van der Waals surface area contributed by atoms with Gasteiger partial charge in [0.25, 0.3) is 0 Å². The van der Waals surface area contributed by atoms with Gasteiger partial charge in [0.1, 0.15) is 12.3 Å². The van der Waals surface area contributed by atoms with Gasteiger partial charge in [0.2, 0.25) is 11.8 Å². The minimum atomic E-state index is -4.19. The van der Waals surface area contributed by atoms with Gasteiger partial charge < -0.3 is 25.5 Å². The number of hydrogen-bond donors (Lipinski definition) is 3. The van der Waals surface area contributed by atoms with E-state index in [4.69, 9.17) is 4.74 Å². The molecule has 1 heterocycles. The van der Waals surface area contributed by atoms with Gasteiger partial charge in [-0.1, -0.05) is 13.8 Å². The Hall–Kier alpha value is -2.33. The number of hydrogen-bond acceptors (Lipinski definition) is 5. The summed E-state index contributed by atoms with van der Waals surface area (Å²) in [5.74, 6) is -2.46. The summed E-state index contributed by atoms with van der Waals surface area (Å²) in [6.45, 7) is 4.25. The molecular formula is C22H34F3N3O5. The first-order valence-corrected chi connectivity index (χ1v) is 11.5. The Morgan fingerprint density at radius 3 is 2.33 bits per heavy atom. The van der Waals surface area contributed by atoms with E-state index < -0.39 is 36.2 Å². The van der Waals surface area contributed by atoms with Crippen LogP contribution in [0.2, 0.25) is 0 Å². The third-order valence-corrected chi connectivity index (χ3v) is 6.27. The molecule has 2 aliphatic rings. The standard InChI is InChI=1S/C22H34F3N3O5/c1-13(2)9-18(20(31)27-17(11-29)10-15-7-8-26-19(15)30)28-21(32)33-12-14-3-5-16(6-4-14)22(23,24)25/h11,13-18H,3-10,12H2,1-2H3,(H,26,30)(H,27,31)(H,28,32)/t14?,15-,16?,17-,18-/m0/s1. The van der Waals surface area contributed by atoms with E-state index in [0.717, 1.165) is 0 Å². The van der Waals surface area contributed by atoms with E-state index in [1.165, 1.54) is 0 Å². The molecule has 0 aromatic rings. The molecule has 1 saturated heterocycles. The normalized spacial score (nSPS) is 25.2. The largest absolute Gasteiger partial charge is 0.449 e. The molecule has 0 spiro atoms. The quantitative estimate of drug-likeness (QED) is 0.419. The lowest BCUT2D eigenvalue weighted by molar-refractivity contribution is -0.184. The number of nitrogens with one attached hydrogen (secondary N) is 3. The Labute approximate surface area is 191 Å². The Balaban J connectivity index is 1.83. The molecule has 1 aliphatic heterocycles. The fourth-order valence-corrected chi connectivity index (χ4v) is 4.35. The van der Waals surface area contributed by atoms with Crippen LogP contribution < -0.4 is 16.0 Å². The molecule has 11 heteroatoms. The summed E-state index contributed by atoms with van der Waals surface area (Å²) in [5, 5.41) is 7.77. The molecule has 0 bridgehead atoms. The second-order valence-electron chi connectivity index (χ2n) is 9.45. The van der Waals surface area contributed by atoms with Crippen molar-refractivity contribution in [3.63, 3.8) is 0 Å². The predicted molar refractivity (Wildman–Crippen MR) is 113 cm³/mol. The van der Waals surface area contributed by atoms with Crippen LogP contribution in [0.3, 0.4) is 0 Å². The van der Waals surface area contributed by atoms with Gasteiger partial charge in [-0.15, -0.1) is 0 Å². The first-order valence-electron chi connectivity index (χ1n) is 11.5. The fourth-order valence-electron chi connectivity index (χ4n) is 4.35. The highest BCUT2D eigenvalue weighted by atomic mass is 19.4. The summed E-state index contributed by atoms with van der Waals surface area (Å²) >= 11 is 0. The SMILES string of the molecule is CC(C)C[C@H](NC(=O)OCC1CCC(C(F)(F)F)CC1)C(=O)N[C@H](C=O)C[C@@H]1CCNC1=O. The number of carbonyl (C=O) groups excluding carboxylic acids is 4. The Kier molecular flexibility index (Phi) is 9.97. The number of rotatable bonds is 10. The van der Waals surface area contributed by atoms with E-state index in [2.05, 4.69) is 16.0 Å². The first kappa shape index (κ1) is 26.9. The van der Waals surface area contributed by atoms with E-state index in [-0.39, 0.29) is 49.5 Å². The van der Waals surface area contributed by atoms with Gasteiger partial charge in [-0.25, -0.2) is 4.79 Å². The number of amides is 3. The summed E-state index contributed by atoms with van der Waals surface area (Å²) < 4.78 is 43.5. The summed E-state index contributed by atoms with van der Waals surface area (Å²) in [5.41, 5.74) is 0. The maximum atomic E-state index is 12.8. The highest BCUT2D eigenvalue weighted by molar-refractivity contribution is 5.88. The summed E-state index contributed by atoms with van der Waals surface area (Å²) in [6.07, 6.45) is -2.70. The third kappa shape index (κ3) is 8.85.